The third-order valence-electron chi connectivity index (χ3n) is 1.21. The van der Waals surface area contributed by atoms with Crippen LogP contribution in [0.3, 0.4) is 0 Å². The Bertz CT molecular complexity index is 269. The minimum absolute atomic E-state index is 0. The summed E-state index contributed by atoms with van der Waals surface area (Å²) >= 11 is 6.93. The van der Waals surface area contributed by atoms with Gasteiger partial charge in [-0.25, -0.2) is 0 Å². The van der Waals surface area contributed by atoms with Gasteiger partial charge >= 0.3 is 83.6 Å². The average Bonchev–Trinajstić information content (AvgIpc) is 1.94. The van der Waals surface area contributed by atoms with Crippen LogP contribution in [0.2, 0.25) is 0 Å². The molecule has 68 valence electrons. The topological polar surface area (TPSA) is 46.2 Å². The van der Waals surface area contributed by atoms with Crippen molar-refractivity contribution < 1.29 is 5.11 Å². The maximum atomic E-state index is 9.09. The second-order valence-corrected chi connectivity index (χ2v) is 16.4. The number of hydrogen-bond donors (Lipinski definition) is 2. The van der Waals surface area contributed by atoms with Crippen LogP contribution in [0.1, 0.15) is 0 Å². The molecule has 0 unspecified atom stereocenters. The van der Waals surface area contributed by atoms with E-state index in [2.05, 4.69) is 27.9 Å². The van der Waals surface area contributed by atoms with E-state index in [-0.39, 0.29) is 22.7 Å². The van der Waals surface area contributed by atoms with Gasteiger partial charge in [-0.05, 0) is 0 Å². The summed E-state index contributed by atoms with van der Waals surface area (Å²) in [5.41, 5.74) is 5.92. The predicted molar refractivity (Wildman–Crippen MR) is 66.1 cm³/mol. The zero-order chi connectivity index (χ0) is 8.43. The molecule has 0 amide bonds. The molecule has 0 aliphatic rings. The van der Waals surface area contributed by atoms with Gasteiger partial charge in [-0.15, -0.1) is 17.0 Å². The Morgan fingerprint density at radius 2 is 1.92 bits per heavy atom. The second kappa shape index (κ2) is 5.53. The fraction of sp³-hybridized carbons (Fsp3) is 0. The summed E-state index contributed by atoms with van der Waals surface area (Å²) in [6, 6.07) is 5.24. The van der Waals surface area contributed by atoms with Crippen molar-refractivity contribution in [3.63, 3.8) is 0 Å². The van der Waals surface area contributed by atoms with E-state index >= 15 is 0 Å². The number of halogens is 3. The third-order valence-corrected chi connectivity index (χ3v) is 6.86. The van der Waals surface area contributed by atoms with Gasteiger partial charge in [0.05, 0.1) is 0 Å². The molecule has 0 heterocycles. The number of anilines is 1. The number of benzene rings is 1. The average molecular weight is 424 g/mol. The van der Waals surface area contributed by atoms with Crippen molar-refractivity contribution in [2.24, 2.45) is 0 Å². The molecule has 0 fully saturated rings. The summed E-state index contributed by atoms with van der Waals surface area (Å²) in [4.78, 5) is 0. The van der Waals surface area contributed by atoms with Gasteiger partial charge < -0.3 is 0 Å². The number of hydrogen-bond acceptors (Lipinski definition) is 2. The first-order chi connectivity index (χ1) is 5.11. The van der Waals surface area contributed by atoms with Gasteiger partial charge in [0.25, 0.3) is 0 Å². The Balaban J connectivity index is 0.00000121. The number of rotatable bonds is 1. The fourth-order valence-electron chi connectivity index (χ4n) is 0.647. The number of phenolic OH excluding ortho intramolecular Hbond substituents is 1. The van der Waals surface area contributed by atoms with E-state index in [9.17, 15) is 0 Å². The van der Waals surface area contributed by atoms with E-state index in [0.717, 1.165) is 4.35 Å². The molecule has 0 saturated heterocycles. The summed E-state index contributed by atoms with van der Waals surface area (Å²) < 4.78 is 1.13. The van der Waals surface area contributed by atoms with Crippen molar-refractivity contribution in [2.75, 3.05) is 5.73 Å². The van der Waals surface area contributed by atoms with Crippen LogP contribution in [0.5, 0.6) is 5.75 Å². The Hall–Kier alpha value is 0.818. The van der Waals surface area contributed by atoms with Crippen molar-refractivity contribution >= 4 is 65.8 Å². The van der Waals surface area contributed by atoms with Crippen LogP contribution in [0, 0.1) is 0 Å². The molecule has 0 aliphatic heterocycles. The van der Waals surface area contributed by atoms with Gasteiger partial charge in [0, 0.05) is 0 Å². The number of nitrogens with two attached hydrogens (primary N) is 1. The molecule has 0 bridgehead atoms. The Kier molecular flexibility index (Phi) is 5.90. The van der Waals surface area contributed by atoms with Crippen molar-refractivity contribution in [2.45, 2.75) is 0 Å². The Labute approximate surface area is 99.7 Å². The molecule has 0 aliphatic carbocycles. The van der Waals surface area contributed by atoms with E-state index < -0.39 is 10.9 Å². The van der Waals surface area contributed by atoms with Crippen molar-refractivity contribution in [3.05, 3.63) is 18.2 Å². The van der Waals surface area contributed by atoms with Crippen LogP contribution in [0.15, 0.2) is 18.2 Å². The van der Waals surface area contributed by atoms with Gasteiger partial charge in [0.2, 0.25) is 0 Å². The molecule has 0 saturated carbocycles. The molecule has 0 aromatic heterocycles. The Morgan fingerprint density at radius 1 is 1.33 bits per heavy atom. The molecule has 12 heavy (non-hydrogen) atoms. The molecule has 6 heteroatoms. The van der Waals surface area contributed by atoms with Gasteiger partial charge in [0.15, 0.2) is 0 Å². The molecule has 1 aromatic carbocycles. The molecular weight excluding hydrogens is 417 g/mol. The zero-order valence-electron chi connectivity index (χ0n) is 5.87. The van der Waals surface area contributed by atoms with Crippen molar-refractivity contribution in [1.82, 2.24) is 0 Å². The predicted octanol–water partition coefficient (Wildman–Crippen LogP) is 2.04. The summed E-state index contributed by atoms with van der Waals surface area (Å²) in [6.45, 7) is 0. The first-order valence-corrected chi connectivity index (χ1v) is 12.5. The normalized spacial score (nSPS) is 9.58. The van der Waals surface area contributed by atoms with Crippen LogP contribution in [-0.4, -0.2) is 16.0 Å². The Morgan fingerprint density at radius 3 is 2.33 bits per heavy atom. The molecule has 1 rings (SSSR count). The van der Waals surface area contributed by atoms with E-state index in [4.69, 9.17) is 10.8 Å². The maximum absolute atomic E-state index is 9.09. The molecule has 0 radical (unpaired) electrons. The van der Waals surface area contributed by atoms with Crippen LogP contribution < -0.4 is 10.1 Å². The van der Waals surface area contributed by atoms with Gasteiger partial charge in [0.1, 0.15) is 0 Å². The first kappa shape index (κ1) is 12.8. The summed E-state index contributed by atoms with van der Waals surface area (Å²) in [5.74, 6) is 0.143. The number of aromatic hydroxyl groups is 1. The molecular formula is C6H7AsBr3NO. The van der Waals surface area contributed by atoms with Gasteiger partial charge in [-0.1, -0.05) is 0 Å². The summed E-state index contributed by atoms with van der Waals surface area (Å²) in [7, 11) is -1.20. The third kappa shape index (κ3) is 3.28. The van der Waals surface area contributed by atoms with Crippen molar-refractivity contribution in [1.29, 1.82) is 0 Å². The second-order valence-electron chi connectivity index (χ2n) is 1.98. The molecule has 3 N–H and O–H groups in total. The van der Waals surface area contributed by atoms with E-state index in [1.54, 1.807) is 12.1 Å². The number of phenols is 1. The van der Waals surface area contributed by atoms with Crippen molar-refractivity contribution in [3.8, 4) is 5.75 Å². The minimum atomic E-state index is -1.20. The van der Waals surface area contributed by atoms with Crippen LogP contribution in [0.4, 0.5) is 5.69 Å². The van der Waals surface area contributed by atoms with Gasteiger partial charge in [-0.3, -0.25) is 0 Å². The van der Waals surface area contributed by atoms with E-state index in [1.165, 1.54) is 0 Å². The summed E-state index contributed by atoms with van der Waals surface area (Å²) in [6.07, 6.45) is 0. The van der Waals surface area contributed by atoms with E-state index in [1.807, 2.05) is 6.07 Å². The quantitative estimate of drug-likeness (QED) is 0.412. The van der Waals surface area contributed by atoms with E-state index in [0.29, 0.717) is 5.69 Å². The number of nitrogen functional groups attached to an aromatic ring is 1. The van der Waals surface area contributed by atoms with Crippen LogP contribution in [0.25, 0.3) is 0 Å². The fourth-order valence-corrected chi connectivity index (χ4v) is 3.83. The molecule has 2 nitrogen and oxygen atoms in total. The van der Waals surface area contributed by atoms with Crippen LogP contribution in [-0.2, 0) is 0 Å². The zero-order valence-corrected chi connectivity index (χ0v) is 12.6. The first-order valence-electron chi connectivity index (χ1n) is 2.81. The van der Waals surface area contributed by atoms with Gasteiger partial charge in [-0.2, -0.15) is 0 Å². The monoisotopic (exact) mass is 421 g/mol. The summed E-state index contributed by atoms with van der Waals surface area (Å²) in [5, 5.41) is 9.09. The molecule has 0 atom stereocenters. The SMILES string of the molecule is Br.Nc1cc([As](Br)Br)ccc1O. The standard InChI is InChI=1S/C6H6AsBr2NO.BrH/c8-7(9)4-1-2-6(11)5(10)3-4;/h1-3,11H,10H2;1H. The molecule has 1 aromatic rings. The van der Waals surface area contributed by atoms with Crippen LogP contribution >= 0.6 is 44.8 Å². The molecule has 0 spiro atoms.